The number of hydrogen-bond acceptors (Lipinski definition) is 4. The van der Waals surface area contributed by atoms with Gasteiger partial charge < -0.3 is 20.1 Å². The number of nitrogens with zero attached hydrogens (tertiary/aromatic N) is 1. The summed E-state index contributed by atoms with van der Waals surface area (Å²) in [6, 6.07) is 0. The highest BCUT2D eigenvalue weighted by molar-refractivity contribution is 7.98. The Bertz CT molecular complexity index is 285. The summed E-state index contributed by atoms with van der Waals surface area (Å²) >= 11 is 1.91. The molecular formula is C16H33N3O2S. The van der Waals surface area contributed by atoms with Crippen LogP contribution in [0.25, 0.3) is 0 Å². The van der Waals surface area contributed by atoms with Gasteiger partial charge in [0.1, 0.15) is 0 Å². The molecule has 1 fully saturated rings. The van der Waals surface area contributed by atoms with Gasteiger partial charge in [-0.15, -0.1) is 0 Å². The molecule has 0 amide bonds. The maximum atomic E-state index is 5.69. The number of rotatable bonds is 12. The van der Waals surface area contributed by atoms with E-state index in [0.29, 0.717) is 5.92 Å². The minimum Gasteiger partial charge on any atom is -0.381 e. The Morgan fingerprint density at radius 3 is 2.95 bits per heavy atom. The molecule has 0 saturated carbocycles. The second kappa shape index (κ2) is 14.2. The van der Waals surface area contributed by atoms with Crippen molar-refractivity contribution in [2.24, 2.45) is 10.9 Å². The second-order valence-electron chi connectivity index (χ2n) is 5.55. The summed E-state index contributed by atoms with van der Waals surface area (Å²) in [6.45, 7) is 8.17. The smallest absolute Gasteiger partial charge is 0.191 e. The van der Waals surface area contributed by atoms with Crippen molar-refractivity contribution in [3.8, 4) is 0 Å². The normalized spacial score (nSPS) is 18.6. The van der Waals surface area contributed by atoms with E-state index in [4.69, 9.17) is 9.47 Å². The highest BCUT2D eigenvalue weighted by Crippen LogP contribution is 2.12. The molecule has 0 aromatic rings. The van der Waals surface area contributed by atoms with Gasteiger partial charge in [-0.1, -0.05) is 0 Å². The Morgan fingerprint density at radius 1 is 1.32 bits per heavy atom. The van der Waals surface area contributed by atoms with E-state index in [0.717, 1.165) is 64.9 Å². The number of thioether (sulfide) groups is 1. The van der Waals surface area contributed by atoms with E-state index in [1.54, 1.807) is 0 Å². The summed E-state index contributed by atoms with van der Waals surface area (Å²) in [5.41, 5.74) is 0. The van der Waals surface area contributed by atoms with Crippen molar-refractivity contribution in [1.82, 2.24) is 10.6 Å². The lowest BCUT2D eigenvalue weighted by molar-refractivity contribution is 0.0893. The molecule has 0 radical (unpaired) electrons. The first-order valence-electron chi connectivity index (χ1n) is 8.53. The second-order valence-corrected chi connectivity index (χ2v) is 6.53. The van der Waals surface area contributed by atoms with Gasteiger partial charge in [0, 0.05) is 38.8 Å². The van der Waals surface area contributed by atoms with Crippen LogP contribution in [0.15, 0.2) is 4.99 Å². The maximum absolute atomic E-state index is 5.69. The van der Waals surface area contributed by atoms with E-state index in [-0.39, 0.29) is 0 Å². The van der Waals surface area contributed by atoms with E-state index in [1.807, 2.05) is 11.8 Å². The molecule has 5 nitrogen and oxygen atoms in total. The van der Waals surface area contributed by atoms with Gasteiger partial charge in [0.25, 0.3) is 0 Å². The molecule has 1 rings (SSSR count). The van der Waals surface area contributed by atoms with E-state index >= 15 is 0 Å². The van der Waals surface area contributed by atoms with Gasteiger partial charge in [-0.3, -0.25) is 4.99 Å². The van der Waals surface area contributed by atoms with Crippen LogP contribution in [0.2, 0.25) is 0 Å². The van der Waals surface area contributed by atoms with E-state index in [1.165, 1.54) is 18.6 Å². The Balaban J connectivity index is 2.02. The molecule has 22 heavy (non-hydrogen) atoms. The largest absolute Gasteiger partial charge is 0.381 e. The summed E-state index contributed by atoms with van der Waals surface area (Å²) in [5, 5.41) is 6.67. The SMILES string of the molecule is CCNC(=NCCCOCC1CCOC1)NCCCCSC. The van der Waals surface area contributed by atoms with Gasteiger partial charge >= 0.3 is 0 Å². The predicted molar refractivity (Wildman–Crippen MR) is 96.0 cm³/mol. The number of ether oxygens (including phenoxy) is 2. The molecule has 2 N–H and O–H groups in total. The van der Waals surface area contributed by atoms with Crippen LogP contribution >= 0.6 is 11.8 Å². The van der Waals surface area contributed by atoms with Crippen LogP contribution < -0.4 is 10.6 Å². The van der Waals surface area contributed by atoms with Gasteiger partial charge in [-0.2, -0.15) is 11.8 Å². The first kappa shape index (κ1) is 19.6. The van der Waals surface area contributed by atoms with Crippen molar-refractivity contribution in [3.63, 3.8) is 0 Å². The minimum atomic E-state index is 0.601. The number of nitrogens with one attached hydrogen (secondary N) is 2. The topological polar surface area (TPSA) is 54.9 Å². The van der Waals surface area contributed by atoms with Crippen LogP contribution in [0.3, 0.4) is 0 Å². The fourth-order valence-electron chi connectivity index (χ4n) is 2.24. The fourth-order valence-corrected chi connectivity index (χ4v) is 2.73. The molecule has 130 valence electrons. The van der Waals surface area contributed by atoms with Gasteiger partial charge in [-0.25, -0.2) is 0 Å². The molecule has 0 aliphatic carbocycles. The van der Waals surface area contributed by atoms with Gasteiger partial charge in [-0.05, 0) is 44.6 Å². The van der Waals surface area contributed by atoms with Crippen molar-refractivity contribution < 1.29 is 9.47 Å². The number of aliphatic imine (C=N–C) groups is 1. The highest BCUT2D eigenvalue weighted by Gasteiger charge is 2.14. The maximum Gasteiger partial charge on any atom is 0.191 e. The molecule has 6 heteroatoms. The van der Waals surface area contributed by atoms with E-state index < -0.39 is 0 Å². The number of unbranched alkanes of at least 4 members (excludes halogenated alkanes) is 1. The van der Waals surface area contributed by atoms with Crippen LogP contribution in [0.1, 0.15) is 32.6 Å². The number of guanidine groups is 1. The highest BCUT2D eigenvalue weighted by atomic mass is 32.2. The first-order chi connectivity index (χ1) is 10.9. The van der Waals surface area contributed by atoms with Gasteiger partial charge in [0.05, 0.1) is 13.2 Å². The average Bonchev–Trinajstić information content (AvgIpc) is 3.03. The monoisotopic (exact) mass is 331 g/mol. The molecule has 1 aliphatic heterocycles. The lowest BCUT2D eigenvalue weighted by Crippen LogP contribution is -2.38. The molecule has 0 aromatic heterocycles. The molecule has 0 bridgehead atoms. The Morgan fingerprint density at radius 2 is 2.23 bits per heavy atom. The summed E-state index contributed by atoms with van der Waals surface area (Å²) in [6.07, 6.45) is 6.71. The zero-order chi connectivity index (χ0) is 15.9. The lowest BCUT2D eigenvalue weighted by atomic mass is 10.1. The fraction of sp³-hybridized carbons (Fsp3) is 0.938. The van der Waals surface area contributed by atoms with Crippen LogP contribution in [-0.4, -0.2) is 64.0 Å². The zero-order valence-electron chi connectivity index (χ0n) is 14.2. The Hall–Kier alpha value is -0.460. The first-order valence-corrected chi connectivity index (χ1v) is 9.92. The van der Waals surface area contributed by atoms with Crippen LogP contribution in [0, 0.1) is 5.92 Å². The zero-order valence-corrected chi connectivity index (χ0v) is 15.1. The Labute approximate surface area is 140 Å². The molecule has 0 aromatic carbocycles. The molecule has 1 atom stereocenters. The van der Waals surface area contributed by atoms with Crippen molar-refractivity contribution in [2.45, 2.75) is 32.6 Å². The summed E-state index contributed by atoms with van der Waals surface area (Å²) in [7, 11) is 0. The van der Waals surface area contributed by atoms with Crippen molar-refractivity contribution in [3.05, 3.63) is 0 Å². The van der Waals surface area contributed by atoms with Gasteiger partial charge in [0.2, 0.25) is 0 Å². The summed E-state index contributed by atoms with van der Waals surface area (Å²) in [5.74, 6) is 2.76. The Kier molecular flexibility index (Phi) is 12.6. The van der Waals surface area contributed by atoms with Crippen molar-refractivity contribution in [1.29, 1.82) is 0 Å². The van der Waals surface area contributed by atoms with E-state index in [2.05, 4.69) is 28.8 Å². The molecule has 1 heterocycles. The summed E-state index contributed by atoms with van der Waals surface area (Å²) < 4.78 is 11.0. The quantitative estimate of drug-likeness (QED) is 0.326. The number of hydrogen-bond donors (Lipinski definition) is 2. The third-order valence-electron chi connectivity index (χ3n) is 3.51. The average molecular weight is 332 g/mol. The third-order valence-corrected chi connectivity index (χ3v) is 4.20. The van der Waals surface area contributed by atoms with E-state index in [9.17, 15) is 0 Å². The molecule has 1 saturated heterocycles. The standard InChI is InChI=1S/C16H33N3O2S/c1-3-17-16(18-8-4-5-12-22-2)19-9-6-10-20-13-15-7-11-21-14-15/h15H,3-14H2,1-2H3,(H2,17,18,19). The van der Waals surface area contributed by atoms with Crippen LogP contribution in [0.5, 0.6) is 0 Å². The van der Waals surface area contributed by atoms with Crippen LogP contribution in [0.4, 0.5) is 0 Å². The lowest BCUT2D eigenvalue weighted by Gasteiger charge is -2.11. The van der Waals surface area contributed by atoms with Crippen LogP contribution in [-0.2, 0) is 9.47 Å². The molecular weight excluding hydrogens is 298 g/mol. The van der Waals surface area contributed by atoms with Crippen molar-refractivity contribution >= 4 is 17.7 Å². The minimum absolute atomic E-state index is 0.601. The van der Waals surface area contributed by atoms with Gasteiger partial charge in [0.15, 0.2) is 5.96 Å². The van der Waals surface area contributed by atoms with Crippen molar-refractivity contribution in [2.75, 3.05) is 58.1 Å². The molecule has 1 aliphatic rings. The third kappa shape index (κ3) is 10.3. The molecule has 1 unspecified atom stereocenters. The summed E-state index contributed by atoms with van der Waals surface area (Å²) in [4.78, 5) is 4.59. The molecule has 0 spiro atoms. The predicted octanol–water partition coefficient (Wildman–Crippen LogP) is 2.13.